The molecule has 0 aromatic rings. The summed E-state index contributed by atoms with van der Waals surface area (Å²) in [4.78, 5) is 0. The van der Waals surface area contributed by atoms with Gasteiger partial charge in [0.15, 0.2) is 0 Å². The zero-order chi connectivity index (χ0) is 11.9. The Kier molecular flexibility index (Phi) is 2.99. The highest BCUT2D eigenvalue weighted by atomic mass is 19.4. The number of aliphatic hydroxyl groups is 2. The van der Waals surface area contributed by atoms with Crippen LogP contribution in [0.5, 0.6) is 0 Å². The van der Waals surface area contributed by atoms with E-state index in [1.165, 1.54) is 0 Å². The van der Waals surface area contributed by atoms with Crippen molar-refractivity contribution in [2.24, 2.45) is 0 Å². The molecule has 0 radical (unpaired) electrons. The normalized spacial score (nSPS) is 24.2. The second-order valence-electron chi connectivity index (χ2n) is 3.81. The van der Waals surface area contributed by atoms with Gasteiger partial charge in [0.2, 0.25) is 6.10 Å². The van der Waals surface area contributed by atoms with E-state index in [4.69, 9.17) is 5.11 Å². The van der Waals surface area contributed by atoms with E-state index >= 15 is 0 Å². The molecule has 90 valence electrons. The molecule has 0 aromatic heterocycles. The van der Waals surface area contributed by atoms with E-state index in [1.54, 1.807) is 0 Å². The van der Waals surface area contributed by atoms with Gasteiger partial charge in [0, 0.05) is 0 Å². The van der Waals surface area contributed by atoms with Crippen molar-refractivity contribution >= 4 is 0 Å². The topological polar surface area (TPSA) is 40.5 Å². The summed E-state index contributed by atoms with van der Waals surface area (Å²) in [5.74, 6) is -4.55. The molecule has 0 spiro atoms. The summed E-state index contributed by atoms with van der Waals surface area (Å²) >= 11 is 0. The van der Waals surface area contributed by atoms with Gasteiger partial charge < -0.3 is 10.2 Å². The highest BCUT2D eigenvalue weighted by Crippen LogP contribution is 2.47. The second kappa shape index (κ2) is 3.55. The van der Waals surface area contributed by atoms with Crippen LogP contribution < -0.4 is 0 Å². The van der Waals surface area contributed by atoms with Crippen molar-refractivity contribution in [1.82, 2.24) is 0 Å². The lowest BCUT2D eigenvalue weighted by Gasteiger charge is -2.36. The standard InChI is InChI=1S/C8H11F5O2/c9-7(10,5(14)8(11,12)13)6(15)3-1-2-4-6/h5,14-15H,1-4H2. The summed E-state index contributed by atoms with van der Waals surface area (Å²) in [6.07, 6.45) is -9.62. The molecule has 15 heavy (non-hydrogen) atoms. The number of aliphatic hydroxyl groups excluding tert-OH is 1. The molecular formula is C8H11F5O2. The summed E-state index contributed by atoms with van der Waals surface area (Å²) in [7, 11) is 0. The third kappa shape index (κ3) is 2.08. The van der Waals surface area contributed by atoms with Gasteiger partial charge in [0.1, 0.15) is 5.60 Å². The minimum Gasteiger partial charge on any atom is -0.383 e. The molecule has 1 atom stereocenters. The molecule has 2 N–H and O–H groups in total. The van der Waals surface area contributed by atoms with Crippen LogP contribution in [0.25, 0.3) is 0 Å². The van der Waals surface area contributed by atoms with Crippen LogP contribution in [0.4, 0.5) is 22.0 Å². The smallest absolute Gasteiger partial charge is 0.383 e. The van der Waals surface area contributed by atoms with Gasteiger partial charge in [0.05, 0.1) is 0 Å². The highest BCUT2D eigenvalue weighted by Gasteiger charge is 2.65. The van der Waals surface area contributed by atoms with E-state index in [2.05, 4.69) is 0 Å². The van der Waals surface area contributed by atoms with Gasteiger partial charge in [0.25, 0.3) is 0 Å². The zero-order valence-corrected chi connectivity index (χ0v) is 7.69. The molecule has 0 saturated heterocycles. The maximum absolute atomic E-state index is 13.2. The molecule has 1 aliphatic rings. The summed E-state index contributed by atoms with van der Waals surface area (Å²) in [6, 6.07) is 0. The van der Waals surface area contributed by atoms with E-state index in [9.17, 15) is 27.1 Å². The fraction of sp³-hybridized carbons (Fsp3) is 1.00. The predicted octanol–water partition coefficient (Wildman–Crippen LogP) is 1.85. The first-order chi connectivity index (χ1) is 6.61. The van der Waals surface area contributed by atoms with Gasteiger partial charge in [-0.1, -0.05) is 12.8 Å². The van der Waals surface area contributed by atoms with Crippen molar-refractivity contribution < 1.29 is 32.2 Å². The monoisotopic (exact) mass is 234 g/mol. The van der Waals surface area contributed by atoms with Crippen LogP contribution in [0.15, 0.2) is 0 Å². The van der Waals surface area contributed by atoms with E-state index in [0.717, 1.165) is 0 Å². The quantitative estimate of drug-likeness (QED) is 0.716. The summed E-state index contributed by atoms with van der Waals surface area (Å²) in [5.41, 5.74) is -2.73. The van der Waals surface area contributed by atoms with Crippen molar-refractivity contribution in [1.29, 1.82) is 0 Å². The van der Waals surface area contributed by atoms with Crippen molar-refractivity contribution in [3.05, 3.63) is 0 Å². The lowest BCUT2D eigenvalue weighted by Crippen LogP contribution is -2.58. The molecule has 1 rings (SSSR count). The highest BCUT2D eigenvalue weighted by molar-refractivity contribution is 5.02. The fourth-order valence-electron chi connectivity index (χ4n) is 1.75. The lowest BCUT2D eigenvalue weighted by atomic mass is 9.89. The Bertz CT molecular complexity index is 232. The molecule has 0 aliphatic heterocycles. The minimum absolute atomic E-state index is 0.233. The molecule has 1 aliphatic carbocycles. The maximum Gasteiger partial charge on any atom is 0.420 e. The van der Waals surface area contributed by atoms with Gasteiger partial charge in [-0.2, -0.15) is 13.2 Å². The van der Waals surface area contributed by atoms with E-state index in [1.807, 2.05) is 0 Å². The van der Waals surface area contributed by atoms with Crippen LogP contribution >= 0.6 is 0 Å². The van der Waals surface area contributed by atoms with Crippen LogP contribution in [0, 0.1) is 0 Å². The Balaban J connectivity index is 2.90. The third-order valence-corrected chi connectivity index (χ3v) is 2.70. The Morgan fingerprint density at radius 2 is 1.40 bits per heavy atom. The van der Waals surface area contributed by atoms with Crippen LogP contribution in [0.2, 0.25) is 0 Å². The van der Waals surface area contributed by atoms with Gasteiger partial charge >= 0.3 is 12.1 Å². The van der Waals surface area contributed by atoms with Crippen molar-refractivity contribution in [3.63, 3.8) is 0 Å². The molecule has 0 bridgehead atoms. The number of rotatable bonds is 2. The maximum atomic E-state index is 13.2. The number of hydrogen-bond acceptors (Lipinski definition) is 2. The molecule has 1 unspecified atom stereocenters. The molecule has 0 aromatic carbocycles. The Morgan fingerprint density at radius 3 is 1.73 bits per heavy atom. The molecular weight excluding hydrogens is 223 g/mol. The lowest BCUT2D eigenvalue weighted by molar-refractivity contribution is -0.312. The van der Waals surface area contributed by atoms with Crippen molar-refractivity contribution in [2.45, 2.75) is 49.5 Å². The largest absolute Gasteiger partial charge is 0.420 e. The van der Waals surface area contributed by atoms with Crippen LogP contribution in [-0.4, -0.2) is 34.0 Å². The molecule has 1 fully saturated rings. The Labute approximate surface area is 82.7 Å². The van der Waals surface area contributed by atoms with E-state index < -0.39 is 36.6 Å². The Morgan fingerprint density at radius 1 is 1.00 bits per heavy atom. The minimum atomic E-state index is -5.43. The molecule has 0 heterocycles. The van der Waals surface area contributed by atoms with E-state index in [0.29, 0.717) is 0 Å². The zero-order valence-electron chi connectivity index (χ0n) is 7.69. The van der Waals surface area contributed by atoms with Crippen LogP contribution in [0.3, 0.4) is 0 Å². The second-order valence-corrected chi connectivity index (χ2v) is 3.81. The van der Waals surface area contributed by atoms with Gasteiger partial charge in [-0.3, -0.25) is 0 Å². The molecule has 1 saturated carbocycles. The average Bonchev–Trinajstić information content (AvgIpc) is 2.50. The first-order valence-electron chi connectivity index (χ1n) is 4.46. The predicted molar refractivity (Wildman–Crippen MR) is 40.4 cm³/mol. The summed E-state index contributed by atoms with van der Waals surface area (Å²) in [5, 5.41) is 17.8. The molecule has 2 nitrogen and oxygen atoms in total. The van der Waals surface area contributed by atoms with Crippen LogP contribution in [-0.2, 0) is 0 Å². The van der Waals surface area contributed by atoms with Gasteiger partial charge in [-0.15, -0.1) is 0 Å². The average molecular weight is 234 g/mol. The molecule has 7 heteroatoms. The summed E-state index contributed by atoms with van der Waals surface area (Å²) in [6.45, 7) is 0. The number of alkyl halides is 5. The first-order valence-corrected chi connectivity index (χ1v) is 4.46. The van der Waals surface area contributed by atoms with Gasteiger partial charge in [-0.25, -0.2) is 8.78 Å². The van der Waals surface area contributed by atoms with E-state index in [-0.39, 0.29) is 12.8 Å². The first kappa shape index (κ1) is 12.6. The molecule has 0 amide bonds. The van der Waals surface area contributed by atoms with Gasteiger partial charge in [-0.05, 0) is 12.8 Å². The van der Waals surface area contributed by atoms with Crippen molar-refractivity contribution in [3.8, 4) is 0 Å². The SMILES string of the molecule is OC(C(F)(F)F)C(F)(F)C1(O)CCCC1. The fourth-order valence-corrected chi connectivity index (χ4v) is 1.75. The Hall–Kier alpha value is -0.430. The summed E-state index contributed by atoms with van der Waals surface area (Å²) < 4.78 is 62.1. The van der Waals surface area contributed by atoms with Crippen molar-refractivity contribution in [2.75, 3.05) is 0 Å². The number of halogens is 5. The third-order valence-electron chi connectivity index (χ3n) is 2.70. The van der Waals surface area contributed by atoms with Crippen LogP contribution in [0.1, 0.15) is 25.7 Å². The number of hydrogen-bond donors (Lipinski definition) is 2.